The van der Waals surface area contributed by atoms with Gasteiger partial charge in [0.2, 0.25) is 5.95 Å². The molecule has 0 aromatic carbocycles. The third-order valence-electron chi connectivity index (χ3n) is 2.75. The summed E-state index contributed by atoms with van der Waals surface area (Å²) in [4.78, 5) is 8.71. The Labute approximate surface area is 108 Å². The van der Waals surface area contributed by atoms with Crippen LogP contribution in [0.4, 0.5) is 5.95 Å². The predicted octanol–water partition coefficient (Wildman–Crippen LogP) is 3.11. The van der Waals surface area contributed by atoms with Crippen molar-refractivity contribution in [3.8, 4) is 0 Å². The third-order valence-corrected chi connectivity index (χ3v) is 2.75. The van der Waals surface area contributed by atoms with Crippen molar-refractivity contribution in [3.05, 3.63) is 42.5 Å². The van der Waals surface area contributed by atoms with Crippen LogP contribution in [0.15, 0.2) is 36.8 Å². The highest BCUT2D eigenvalue weighted by Crippen LogP contribution is 2.16. The summed E-state index contributed by atoms with van der Waals surface area (Å²) in [6, 6.07) is 6.10. The molecule has 0 aliphatic carbocycles. The van der Waals surface area contributed by atoms with E-state index in [-0.39, 0.29) is 6.04 Å². The minimum absolute atomic E-state index is 0.152. The van der Waals surface area contributed by atoms with Gasteiger partial charge in [0.25, 0.3) is 0 Å². The molecule has 0 spiro atoms. The van der Waals surface area contributed by atoms with Crippen molar-refractivity contribution in [2.45, 2.75) is 33.4 Å². The van der Waals surface area contributed by atoms with Crippen LogP contribution in [0.2, 0.25) is 0 Å². The number of hydrogen-bond acceptors (Lipinski definition) is 3. The normalized spacial score (nSPS) is 12.7. The van der Waals surface area contributed by atoms with E-state index in [1.54, 1.807) is 0 Å². The maximum Gasteiger partial charge on any atom is 0.203 e. The Bertz CT molecular complexity index is 476. The summed E-state index contributed by atoms with van der Waals surface area (Å²) in [5.41, 5.74) is 1.02. The Balaban J connectivity index is 2.08. The lowest BCUT2D eigenvalue weighted by molar-refractivity contribution is 0.524. The van der Waals surface area contributed by atoms with Gasteiger partial charge in [0.15, 0.2) is 0 Å². The monoisotopic (exact) mass is 244 g/mol. The molecular formula is C14H20N4. The van der Waals surface area contributed by atoms with Crippen LogP contribution in [0.3, 0.4) is 0 Å². The molecule has 1 unspecified atom stereocenters. The predicted molar refractivity (Wildman–Crippen MR) is 73.3 cm³/mol. The standard InChI is InChI=1S/C14H20N4/c1-11(2)10-18-9-8-16-14(18)17-12(3)13-6-4-5-7-15-13/h4-9,11-12H,10H2,1-3H3,(H,16,17). The number of hydrogen-bond donors (Lipinski definition) is 1. The van der Waals surface area contributed by atoms with Crippen LogP contribution in [0, 0.1) is 5.92 Å². The summed E-state index contributed by atoms with van der Waals surface area (Å²) < 4.78 is 2.14. The molecule has 96 valence electrons. The lowest BCUT2D eigenvalue weighted by Gasteiger charge is -2.16. The Morgan fingerprint density at radius 2 is 2.00 bits per heavy atom. The fraction of sp³-hybridized carbons (Fsp3) is 0.429. The number of pyridine rings is 1. The van der Waals surface area contributed by atoms with Crippen LogP contribution >= 0.6 is 0 Å². The smallest absolute Gasteiger partial charge is 0.203 e. The van der Waals surface area contributed by atoms with E-state index >= 15 is 0 Å². The highest BCUT2D eigenvalue weighted by Gasteiger charge is 2.10. The second-order valence-electron chi connectivity index (χ2n) is 4.92. The summed E-state index contributed by atoms with van der Waals surface area (Å²) in [6.07, 6.45) is 5.65. The Morgan fingerprint density at radius 1 is 1.17 bits per heavy atom. The molecule has 0 saturated heterocycles. The molecule has 1 atom stereocenters. The summed E-state index contributed by atoms with van der Waals surface area (Å²) in [7, 11) is 0. The van der Waals surface area contributed by atoms with Crippen molar-refractivity contribution in [1.29, 1.82) is 0 Å². The number of aromatic nitrogens is 3. The van der Waals surface area contributed by atoms with Gasteiger partial charge < -0.3 is 9.88 Å². The number of nitrogens with one attached hydrogen (secondary N) is 1. The Hall–Kier alpha value is -1.84. The van der Waals surface area contributed by atoms with E-state index < -0.39 is 0 Å². The van der Waals surface area contributed by atoms with Crippen LogP contribution < -0.4 is 5.32 Å². The molecule has 0 bridgehead atoms. The maximum absolute atomic E-state index is 4.36. The average molecular weight is 244 g/mol. The fourth-order valence-corrected chi connectivity index (χ4v) is 1.89. The van der Waals surface area contributed by atoms with Crippen LogP contribution in [0.25, 0.3) is 0 Å². The van der Waals surface area contributed by atoms with E-state index in [1.165, 1.54) is 0 Å². The van der Waals surface area contributed by atoms with Crippen LogP contribution in [-0.2, 0) is 6.54 Å². The quantitative estimate of drug-likeness (QED) is 0.878. The first-order valence-corrected chi connectivity index (χ1v) is 6.35. The second kappa shape index (κ2) is 5.67. The molecule has 2 aromatic heterocycles. The van der Waals surface area contributed by atoms with Gasteiger partial charge in [-0.25, -0.2) is 4.98 Å². The van der Waals surface area contributed by atoms with Crippen molar-refractivity contribution >= 4 is 5.95 Å². The topological polar surface area (TPSA) is 42.7 Å². The van der Waals surface area contributed by atoms with Crippen molar-refractivity contribution in [2.75, 3.05) is 5.32 Å². The van der Waals surface area contributed by atoms with Gasteiger partial charge >= 0.3 is 0 Å². The molecule has 0 amide bonds. The number of anilines is 1. The molecule has 2 heterocycles. The summed E-state index contributed by atoms with van der Waals surface area (Å²) in [5.74, 6) is 1.51. The van der Waals surface area contributed by atoms with Gasteiger partial charge in [-0.3, -0.25) is 4.98 Å². The summed E-state index contributed by atoms with van der Waals surface area (Å²) in [6.45, 7) is 7.46. The van der Waals surface area contributed by atoms with Crippen LogP contribution in [-0.4, -0.2) is 14.5 Å². The largest absolute Gasteiger partial charge is 0.348 e. The fourth-order valence-electron chi connectivity index (χ4n) is 1.89. The molecule has 2 aromatic rings. The molecule has 0 radical (unpaired) electrons. The van der Waals surface area contributed by atoms with E-state index in [1.807, 2.05) is 36.8 Å². The Kier molecular flexibility index (Phi) is 3.97. The van der Waals surface area contributed by atoms with Crippen molar-refractivity contribution < 1.29 is 0 Å². The molecule has 0 fully saturated rings. The zero-order chi connectivity index (χ0) is 13.0. The molecule has 4 heteroatoms. The molecular weight excluding hydrogens is 224 g/mol. The molecule has 0 saturated carbocycles. The lowest BCUT2D eigenvalue weighted by Crippen LogP contribution is -2.14. The molecule has 0 aliphatic heterocycles. The minimum atomic E-state index is 0.152. The van der Waals surface area contributed by atoms with Gasteiger partial charge in [-0.15, -0.1) is 0 Å². The van der Waals surface area contributed by atoms with Crippen molar-refractivity contribution in [3.63, 3.8) is 0 Å². The van der Waals surface area contributed by atoms with E-state index in [0.29, 0.717) is 5.92 Å². The summed E-state index contributed by atoms with van der Waals surface area (Å²) >= 11 is 0. The maximum atomic E-state index is 4.36. The van der Waals surface area contributed by atoms with Crippen LogP contribution in [0.1, 0.15) is 32.5 Å². The van der Waals surface area contributed by atoms with E-state index in [0.717, 1.165) is 18.2 Å². The molecule has 18 heavy (non-hydrogen) atoms. The second-order valence-corrected chi connectivity index (χ2v) is 4.92. The Morgan fingerprint density at radius 3 is 2.67 bits per heavy atom. The van der Waals surface area contributed by atoms with Crippen LogP contribution in [0.5, 0.6) is 0 Å². The van der Waals surface area contributed by atoms with Gasteiger partial charge in [-0.2, -0.15) is 0 Å². The van der Waals surface area contributed by atoms with Gasteiger partial charge in [-0.05, 0) is 25.0 Å². The summed E-state index contributed by atoms with van der Waals surface area (Å²) in [5, 5.41) is 3.40. The zero-order valence-electron chi connectivity index (χ0n) is 11.2. The van der Waals surface area contributed by atoms with E-state index in [4.69, 9.17) is 0 Å². The third kappa shape index (κ3) is 3.09. The van der Waals surface area contributed by atoms with Gasteiger partial charge in [0.05, 0.1) is 11.7 Å². The van der Waals surface area contributed by atoms with Crippen molar-refractivity contribution in [1.82, 2.24) is 14.5 Å². The van der Waals surface area contributed by atoms with Gasteiger partial charge in [0, 0.05) is 25.1 Å². The van der Waals surface area contributed by atoms with E-state index in [2.05, 4.69) is 40.6 Å². The molecule has 1 N–H and O–H groups in total. The highest BCUT2D eigenvalue weighted by molar-refractivity contribution is 5.30. The number of imidazole rings is 1. The first-order chi connectivity index (χ1) is 8.66. The molecule has 0 aliphatic rings. The van der Waals surface area contributed by atoms with E-state index in [9.17, 15) is 0 Å². The minimum Gasteiger partial charge on any atom is -0.348 e. The first-order valence-electron chi connectivity index (χ1n) is 6.35. The van der Waals surface area contributed by atoms with Gasteiger partial charge in [-0.1, -0.05) is 19.9 Å². The van der Waals surface area contributed by atoms with Gasteiger partial charge in [0.1, 0.15) is 0 Å². The highest BCUT2D eigenvalue weighted by atomic mass is 15.2. The lowest BCUT2D eigenvalue weighted by atomic mass is 10.2. The zero-order valence-corrected chi connectivity index (χ0v) is 11.2. The number of nitrogens with zero attached hydrogens (tertiary/aromatic N) is 3. The average Bonchev–Trinajstić information content (AvgIpc) is 2.77. The molecule has 2 rings (SSSR count). The van der Waals surface area contributed by atoms with Crippen molar-refractivity contribution in [2.24, 2.45) is 5.92 Å². The first kappa shape index (κ1) is 12.6. The number of rotatable bonds is 5. The SMILES string of the molecule is CC(C)Cn1ccnc1NC(C)c1ccccn1. The molecule has 4 nitrogen and oxygen atoms in total.